The van der Waals surface area contributed by atoms with E-state index in [4.69, 9.17) is 37.9 Å². The number of Topliss-reactive ketones (excluding diaryl/α,β-unsaturated/α-hetero) is 1. The minimum atomic E-state index is -2.48. The van der Waals surface area contributed by atoms with Gasteiger partial charge in [-0.2, -0.15) is 0 Å². The lowest BCUT2D eigenvalue weighted by Crippen LogP contribution is -2.81. The number of hydrogen-bond donors (Lipinski definition) is 3. The number of carbonyl (C=O) groups is 7. The van der Waals surface area contributed by atoms with Gasteiger partial charge in [-0.05, 0) is 66.2 Å². The van der Waals surface area contributed by atoms with Gasteiger partial charge >= 0.3 is 36.1 Å². The molecule has 2 heterocycles. The Hall–Kier alpha value is -5.07. The fourth-order valence-electron chi connectivity index (χ4n) is 10.2. The fourth-order valence-corrected chi connectivity index (χ4v) is 10.2. The molecule has 0 spiro atoms. The number of allylic oxidation sites excluding steroid dienone is 1. The summed E-state index contributed by atoms with van der Waals surface area (Å²) in [6, 6.07) is 6.42. The van der Waals surface area contributed by atoms with Gasteiger partial charge in [-0.25, -0.2) is 19.2 Å². The van der Waals surface area contributed by atoms with E-state index in [2.05, 4.69) is 5.32 Å². The number of fused-ring (bicyclic) bond motifs is 5. The number of cyclic esters (lactones) is 1. The molecule has 1 aromatic rings. The zero-order valence-corrected chi connectivity index (χ0v) is 37.1. The van der Waals surface area contributed by atoms with Crippen molar-refractivity contribution in [1.29, 1.82) is 0 Å². The maximum absolute atomic E-state index is 15.6. The van der Waals surface area contributed by atoms with Crippen LogP contribution in [0.4, 0.5) is 9.59 Å². The van der Waals surface area contributed by atoms with Gasteiger partial charge in [-0.15, -0.1) is 0 Å². The van der Waals surface area contributed by atoms with Crippen LogP contribution in [-0.2, 0) is 57.1 Å². The zero-order chi connectivity index (χ0) is 46.3. The summed E-state index contributed by atoms with van der Waals surface area (Å²) in [7, 11) is 1.06. The van der Waals surface area contributed by atoms with Gasteiger partial charge in [0.1, 0.15) is 29.0 Å². The molecule has 3 aliphatic carbocycles. The molecule has 11 atom stereocenters. The van der Waals surface area contributed by atoms with Crippen LogP contribution >= 0.6 is 0 Å². The maximum atomic E-state index is 15.6. The van der Waals surface area contributed by atoms with Gasteiger partial charge in [0.2, 0.25) is 11.9 Å². The lowest BCUT2D eigenvalue weighted by Gasteiger charge is -2.67. The summed E-state index contributed by atoms with van der Waals surface area (Å²) in [4.78, 5) is 96.9. The number of aliphatic hydroxyl groups is 2. The number of alkyl carbamates (subject to hydrolysis) is 1. The normalized spacial score (nSPS) is 36.8. The van der Waals surface area contributed by atoms with Crippen molar-refractivity contribution in [2.24, 2.45) is 28.1 Å². The number of nitrogens with one attached hydrogen (secondary N) is 1. The quantitative estimate of drug-likeness (QED) is 0.260. The average Bonchev–Trinajstić information content (AvgIpc) is 3.38. The summed E-state index contributed by atoms with van der Waals surface area (Å²) < 4.78 is 46.3. The summed E-state index contributed by atoms with van der Waals surface area (Å²) in [5.41, 5.74) is -12.6. The van der Waals surface area contributed by atoms with E-state index >= 15 is 4.79 Å². The molecule has 2 bridgehead atoms. The van der Waals surface area contributed by atoms with Gasteiger partial charge in [-0.1, -0.05) is 39.0 Å². The Kier molecular flexibility index (Phi) is 11.5. The molecule has 2 saturated heterocycles. The molecule has 62 heavy (non-hydrogen) atoms. The Morgan fingerprint density at radius 2 is 1.58 bits per heavy atom. The summed E-state index contributed by atoms with van der Waals surface area (Å²) in [5, 5.41) is 28.5. The van der Waals surface area contributed by atoms with Crippen molar-refractivity contribution in [1.82, 2.24) is 5.32 Å². The summed E-state index contributed by atoms with van der Waals surface area (Å²) >= 11 is 0. The highest BCUT2D eigenvalue weighted by Gasteiger charge is 2.79. The fraction of sp³-hybridized carbons (Fsp3) is 0.659. The van der Waals surface area contributed by atoms with E-state index in [1.54, 1.807) is 45.9 Å². The molecule has 0 radical (unpaired) electrons. The van der Waals surface area contributed by atoms with Gasteiger partial charge in [0.25, 0.3) is 0 Å². The standard InChI is InChI=1S/C44H57NO17/c1-21-26-27(57-22(2)46)31(48)42(11)24(47)18-25-43(20-56-25,62-37(53)55-12)29(42)32(59-33(49)23-16-14-13-15-17-23)44(54,40(26,8)9)19-41(21,10)60-34(50)28-30(39(6,7)35(51)58-28)45-36(52)61-38(3,4)5/h13-17,21,24-25,28-30,32,47,54H,18-20H2,1-12H3,(H,45,52)/t21?,24?,25-,28?,29?,30-,32+,41-,42-,43+,44-/m1/s1. The molecule has 18 nitrogen and oxygen atoms in total. The third-order valence-electron chi connectivity index (χ3n) is 13.8. The molecule has 18 heteroatoms. The van der Waals surface area contributed by atoms with Crippen LogP contribution in [0.1, 0.15) is 99.4 Å². The van der Waals surface area contributed by atoms with E-state index in [0.717, 1.165) is 14.0 Å². The van der Waals surface area contributed by atoms with Crippen LogP contribution in [0.25, 0.3) is 0 Å². The van der Waals surface area contributed by atoms with Crippen molar-refractivity contribution in [2.45, 2.75) is 142 Å². The second kappa shape index (κ2) is 15.3. The summed E-state index contributed by atoms with van der Waals surface area (Å²) in [6.07, 6.45) is -9.43. The van der Waals surface area contributed by atoms with Gasteiger partial charge < -0.3 is 53.4 Å². The molecule has 2 saturated carbocycles. The van der Waals surface area contributed by atoms with Gasteiger partial charge in [0.15, 0.2) is 11.4 Å². The number of amides is 1. The van der Waals surface area contributed by atoms with Crippen molar-refractivity contribution in [3.63, 3.8) is 0 Å². The van der Waals surface area contributed by atoms with Crippen molar-refractivity contribution in [3.8, 4) is 0 Å². The van der Waals surface area contributed by atoms with Crippen LogP contribution in [0.15, 0.2) is 41.7 Å². The number of methoxy groups -OCH3 is 1. The van der Waals surface area contributed by atoms with E-state index in [9.17, 15) is 39.0 Å². The average molecular weight is 872 g/mol. The highest BCUT2D eigenvalue weighted by atomic mass is 16.8. The Morgan fingerprint density at radius 3 is 2.13 bits per heavy atom. The Balaban J connectivity index is 1.58. The van der Waals surface area contributed by atoms with Crippen LogP contribution < -0.4 is 5.32 Å². The molecule has 4 fully saturated rings. The largest absolute Gasteiger partial charge is 0.508 e. The number of carbonyl (C=O) groups excluding carboxylic acids is 7. The topological polar surface area (TPSA) is 246 Å². The number of ketones is 1. The maximum Gasteiger partial charge on any atom is 0.508 e. The smallest absolute Gasteiger partial charge is 0.456 e. The van der Waals surface area contributed by atoms with E-state index in [-0.39, 0.29) is 17.6 Å². The first-order valence-corrected chi connectivity index (χ1v) is 20.5. The van der Waals surface area contributed by atoms with Gasteiger partial charge in [0.05, 0.1) is 48.2 Å². The molecule has 4 unspecified atom stereocenters. The van der Waals surface area contributed by atoms with Crippen LogP contribution in [0.2, 0.25) is 0 Å². The summed E-state index contributed by atoms with van der Waals surface area (Å²) in [5.74, 6) is -8.25. The first kappa shape index (κ1) is 46.4. The lowest BCUT2D eigenvalue weighted by molar-refractivity contribution is -0.345. The Morgan fingerprint density at radius 1 is 0.952 bits per heavy atom. The zero-order valence-electron chi connectivity index (χ0n) is 37.1. The Bertz CT molecular complexity index is 2090. The van der Waals surface area contributed by atoms with Gasteiger partial charge in [0, 0.05) is 31.1 Å². The number of esters is 4. The second-order valence-electron chi connectivity index (χ2n) is 19.5. The number of rotatable bonds is 7. The predicted octanol–water partition coefficient (Wildman–Crippen LogP) is 3.86. The van der Waals surface area contributed by atoms with Crippen LogP contribution in [0.5, 0.6) is 0 Å². The molecule has 5 aliphatic rings. The van der Waals surface area contributed by atoms with E-state index in [0.29, 0.717) is 0 Å². The molecule has 3 N–H and O–H groups in total. The monoisotopic (exact) mass is 871 g/mol. The highest BCUT2D eigenvalue weighted by molar-refractivity contribution is 6.02. The highest BCUT2D eigenvalue weighted by Crippen LogP contribution is 2.66. The van der Waals surface area contributed by atoms with Crippen LogP contribution in [0.3, 0.4) is 0 Å². The molecule has 6 rings (SSSR count). The van der Waals surface area contributed by atoms with E-state index < -0.39 is 142 Å². The number of ether oxygens (including phenoxy) is 8. The van der Waals surface area contributed by atoms with E-state index in [1.807, 2.05) is 0 Å². The molecule has 1 amide bonds. The molecular formula is C44H57NO17. The molecule has 340 valence electrons. The van der Waals surface area contributed by atoms with Crippen molar-refractivity contribution in [3.05, 3.63) is 47.2 Å². The van der Waals surface area contributed by atoms with Crippen LogP contribution in [0, 0.1) is 28.1 Å². The lowest BCUT2D eigenvalue weighted by atomic mass is 9.43. The first-order chi connectivity index (χ1) is 28.5. The minimum Gasteiger partial charge on any atom is -0.456 e. The van der Waals surface area contributed by atoms with Crippen LogP contribution in [-0.4, -0.2) is 119 Å². The summed E-state index contributed by atoms with van der Waals surface area (Å²) in [6.45, 7) is 15.9. The van der Waals surface area contributed by atoms with Crippen molar-refractivity contribution < 1.29 is 81.7 Å². The van der Waals surface area contributed by atoms with Crippen molar-refractivity contribution in [2.75, 3.05) is 13.7 Å². The minimum absolute atomic E-state index is 0.0358. The third kappa shape index (κ3) is 7.20. The number of aliphatic hydroxyl groups excluding tert-OH is 1. The second-order valence-corrected chi connectivity index (χ2v) is 19.5. The number of hydrogen-bond acceptors (Lipinski definition) is 17. The molecule has 2 aliphatic heterocycles. The molecule has 0 aromatic heterocycles. The Labute approximate surface area is 359 Å². The predicted molar refractivity (Wildman–Crippen MR) is 211 cm³/mol. The van der Waals surface area contributed by atoms with Gasteiger partial charge in [-0.3, -0.25) is 14.4 Å². The SMILES string of the molecule is COC(=O)O[C@@]12CO[C@@H]1CC(O)[C@@]1(C)C(=O)C(OC(C)=O)=C3C(C)[C@](C)(OC(=O)C4OC(=O)C(C)(C)[C@@H]4NC(=O)OC(C)(C)C)C[C@@](O)([C@@H](OC(=O)c4ccccc4)C12)C3(C)C. The molecular weight excluding hydrogens is 814 g/mol. The third-order valence-corrected chi connectivity index (χ3v) is 13.8. The first-order valence-electron chi connectivity index (χ1n) is 20.5. The van der Waals surface area contributed by atoms with Crippen molar-refractivity contribution >= 4 is 41.9 Å². The van der Waals surface area contributed by atoms with E-state index in [1.165, 1.54) is 53.7 Å². The number of benzene rings is 1. The molecule has 1 aromatic carbocycles.